The van der Waals surface area contributed by atoms with E-state index in [-0.39, 0.29) is 5.76 Å². The van der Waals surface area contributed by atoms with E-state index in [9.17, 15) is 13.2 Å². The topological polar surface area (TPSA) is 63.0 Å². The van der Waals surface area contributed by atoms with Crippen LogP contribution >= 0.6 is 0 Å². The summed E-state index contributed by atoms with van der Waals surface area (Å²) in [5.74, 6) is 0.249. The fraction of sp³-hybridized carbons (Fsp3) is 0.375. The molecule has 14 heavy (non-hydrogen) atoms. The Morgan fingerprint density at radius 3 is 2.64 bits per heavy atom. The second-order valence-electron chi connectivity index (χ2n) is 2.80. The fourth-order valence-electron chi connectivity index (χ4n) is 0.938. The molecule has 78 valence electrons. The number of halogens is 3. The van der Waals surface area contributed by atoms with Crippen LogP contribution in [0.3, 0.4) is 0 Å². The highest BCUT2D eigenvalue weighted by molar-refractivity contribution is 5.87. The van der Waals surface area contributed by atoms with Gasteiger partial charge in [-0.2, -0.15) is 13.2 Å². The van der Waals surface area contributed by atoms with Crippen LogP contribution in [0.2, 0.25) is 0 Å². The third-order valence-electron chi connectivity index (χ3n) is 1.67. The summed E-state index contributed by atoms with van der Waals surface area (Å²) in [6, 6.07) is 2.10. The first-order valence-corrected chi connectivity index (χ1v) is 3.85. The summed E-state index contributed by atoms with van der Waals surface area (Å²) >= 11 is 0. The summed E-state index contributed by atoms with van der Waals surface area (Å²) in [6.45, 7) is 0. The number of furan rings is 1. The summed E-state index contributed by atoms with van der Waals surface area (Å²) in [4.78, 5) is 0. The van der Waals surface area contributed by atoms with Crippen molar-refractivity contribution >= 4 is 5.71 Å². The Bertz CT molecular complexity index is 305. The molecule has 1 heterocycles. The summed E-state index contributed by atoms with van der Waals surface area (Å²) in [7, 11) is 0. The molecule has 0 bridgehead atoms. The van der Waals surface area contributed by atoms with Crippen molar-refractivity contribution in [3.63, 3.8) is 0 Å². The molecule has 0 saturated heterocycles. The molecule has 0 aliphatic heterocycles. The third-order valence-corrected chi connectivity index (χ3v) is 1.67. The highest BCUT2D eigenvalue weighted by Crippen LogP contribution is 2.23. The minimum Gasteiger partial charge on any atom is -0.468 e. The minimum absolute atomic E-state index is 0.249. The fourth-order valence-corrected chi connectivity index (χ4v) is 0.938. The average molecular weight is 206 g/mol. The van der Waals surface area contributed by atoms with Gasteiger partial charge in [0.25, 0.3) is 0 Å². The van der Waals surface area contributed by atoms with Crippen molar-refractivity contribution in [2.75, 3.05) is 0 Å². The molecular weight excluding hydrogens is 197 g/mol. The van der Waals surface area contributed by atoms with Crippen LogP contribution in [0.1, 0.15) is 18.2 Å². The van der Waals surface area contributed by atoms with Gasteiger partial charge in [0, 0.05) is 6.42 Å². The first kappa shape index (κ1) is 10.8. The molecule has 1 aromatic heterocycles. The van der Waals surface area contributed by atoms with Gasteiger partial charge in [-0.05, 0) is 12.1 Å². The van der Waals surface area contributed by atoms with Crippen molar-refractivity contribution in [3.05, 3.63) is 24.2 Å². The molecule has 0 amide bonds. The highest BCUT2D eigenvalue weighted by Gasteiger charge is 2.35. The molecule has 3 N–H and O–H groups in total. The average Bonchev–Trinajstić information content (AvgIpc) is 2.53. The number of nitrogens with two attached hydrogens (primary N) is 1. The van der Waals surface area contributed by atoms with Gasteiger partial charge in [-0.15, -0.1) is 0 Å². The zero-order chi connectivity index (χ0) is 10.8. The second kappa shape index (κ2) is 3.83. The lowest BCUT2D eigenvalue weighted by molar-refractivity contribution is -0.0616. The molecule has 0 radical (unpaired) electrons. The molecule has 1 aromatic rings. The van der Waals surface area contributed by atoms with Crippen LogP contribution in [0.15, 0.2) is 22.8 Å². The normalized spacial score (nSPS) is 14.0. The summed E-state index contributed by atoms with van der Waals surface area (Å²) < 4.78 is 40.6. The maximum atomic E-state index is 11.9. The van der Waals surface area contributed by atoms with Gasteiger partial charge in [0.1, 0.15) is 11.5 Å². The quantitative estimate of drug-likeness (QED) is 0.745. The van der Waals surface area contributed by atoms with E-state index in [2.05, 4.69) is 0 Å². The Kier molecular flexibility index (Phi) is 2.95. The maximum absolute atomic E-state index is 11.9. The standard InChI is InChI=1S/C8H9F3N2O/c9-8(10,11)7(13)4-5(12)6-2-1-3-14-6/h1-3,5,13H,4,12H2. The van der Waals surface area contributed by atoms with Crippen LogP contribution in [0.5, 0.6) is 0 Å². The lowest BCUT2D eigenvalue weighted by Gasteiger charge is -2.11. The largest absolute Gasteiger partial charge is 0.468 e. The number of hydrogen-bond donors (Lipinski definition) is 2. The molecule has 0 aromatic carbocycles. The van der Waals surface area contributed by atoms with E-state index in [1.807, 2.05) is 0 Å². The monoisotopic (exact) mass is 206 g/mol. The van der Waals surface area contributed by atoms with E-state index in [0.717, 1.165) is 0 Å². The van der Waals surface area contributed by atoms with E-state index < -0.39 is 24.4 Å². The van der Waals surface area contributed by atoms with Gasteiger partial charge in [0.15, 0.2) is 0 Å². The molecule has 0 aliphatic rings. The molecular formula is C8H9F3N2O. The zero-order valence-corrected chi connectivity index (χ0v) is 7.14. The predicted molar refractivity (Wildman–Crippen MR) is 44.0 cm³/mol. The molecule has 0 fully saturated rings. The lowest BCUT2D eigenvalue weighted by atomic mass is 10.1. The van der Waals surface area contributed by atoms with Gasteiger partial charge in [0.2, 0.25) is 0 Å². The van der Waals surface area contributed by atoms with Crippen LogP contribution in [-0.4, -0.2) is 11.9 Å². The van der Waals surface area contributed by atoms with E-state index in [0.29, 0.717) is 0 Å². The number of nitrogens with one attached hydrogen (secondary N) is 1. The van der Waals surface area contributed by atoms with Crippen molar-refractivity contribution in [2.24, 2.45) is 5.73 Å². The summed E-state index contributed by atoms with van der Waals surface area (Å²) in [5, 5.41) is 6.73. The minimum atomic E-state index is -4.61. The molecule has 0 saturated carbocycles. The predicted octanol–water partition coefficient (Wildman–Crippen LogP) is 2.25. The van der Waals surface area contributed by atoms with Gasteiger partial charge in [-0.1, -0.05) is 0 Å². The smallest absolute Gasteiger partial charge is 0.428 e. The van der Waals surface area contributed by atoms with Crippen molar-refractivity contribution in [2.45, 2.75) is 18.6 Å². The molecule has 1 atom stereocenters. The first-order chi connectivity index (χ1) is 6.41. The van der Waals surface area contributed by atoms with Gasteiger partial charge >= 0.3 is 6.18 Å². The third kappa shape index (κ3) is 2.59. The van der Waals surface area contributed by atoms with E-state index >= 15 is 0 Å². The van der Waals surface area contributed by atoms with Gasteiger partial charge < -0.3 is 15.6 Å². The molecule has 1 rings (SSSR count). The number of alkyl halides is 3. The van der Waals surface area contributed by atoms with Crippen LogP contribution < -0.4 is 5.73 Å². The Hall–Kier alpha value is -1.30. The SMILES string of the molecule is N=C(CC(N)c1ccco1)C(F)(F)F. The molecule has 1 unspecified atom stereocenters. The van der Waals surface area contributed by atoms with E-state index in [1.165, 1.54) is 18.4 Å². The van der Waals surface area contributed by atoms with Crippen LogP contribution in [0.25, 0.3) is 0 Å². The molecule has 3 nitrogen and oxygen atoms in total. The Morgan fingerprint density at radius 2 is 2.21 bits per heavy atom. The van der Waals surface area contributed by atoms with Crippen molar-refractivity contribution in [1.29, 1.82) is 5.41 Å². The van der Waals surface area contributed by atoms with Crippen molar-refractivity contribution in [1.82, 2.24) is 0 Å². The van der Waals surface area contributed by atoms with Crippen LogP contribution in [-0.2, 0) is 0 Å². The van der Waals surface area contributed by atoms with Gasteiger partial charge in [0.05, 0.1) is 12.3 Å². The zero-order valence-electron chi connectivity index (χ0n) is 7.14. The second-order valence-corrected chi connectivity index (χ2v) is 2.80. The molecule has 0 spiro atoms. The summed E-state index contributed by atoms with van der Waals surface area (Å²) in [6.07, 6.45) is -3.85. The lowest BCUT2D eigenvalue weighted by Crippen LogP contribution is -2.26. The van der Waals surface area contributed by atoms with Crippen molar-refractivity contribution in [3.8, 4) is 0 Å². The molecule has 6 heteroatoms. The Labute approximate surface area is 78.2 Å². The Balaban J connectivity index is 2.58. The van der Waals surface area contributed by atoms with Gasteiger partial charge in [-0.25, -0.2) is 0 Å². The van der Waals surface area contributed by atoms with E-state index in [1.54, 1.807) is 0 Å². The van der Waals surface area contributed by atoms with Crippen LogP contribution in [0.4, 0.5) is 13.2 Å². The number of rotatable bonds is 3. The number of hydrogen-bond acceptors (Lipinski definition) is 3. The highest BCUT2D eigenvalue weighted by atomic mass is 19.4. The molecule has 0 aliphatic carbocycles. The van der Waals surface area contributed by atoms with E-state index in [4.69, 9.17) is 15.6 Å². The Morgan fingerprint density at radius 1 is 1.57 bits per heavy atom. The summed E-state index contributed by atoms with van der Waals surface area (Å²) in [5.41, 5.74) is 4.06. The maximum Gasteiger partial charge on any atom is 0.428 e. The van der Waals surface area contributed by atoms with Crippen molar-refractivity contribution < 1.29 is 17.6 Å². The first-order valence-electron chi connectivity index (χ1n) is 3.85. The van der Waals surface area contributed by atoms with Gasteiger partial charge in [-0.3, -0.25) is 0 Å². The van der Waals surface area contributed by atoms with Crippen LogP contribution in [0, 0.1) is 5.41 Å².